The molecule has 120 valence electrons. The first-order valence-corrected chi connectivity index (χ1v) is 10.8. The molecule has 0 saturated heterocycles. The maximum absolute atomic E-state index is 12.4. The smallest absolute Gasteiger partial charge is 0.244 e. The summed E-state index contributed by atoms with van der Waals surface area (Å²) >= 11 is 6.73. The number of thiophene rings is 1. The van der Waals surface area contributed by atoms with Crippen molar-refractivity contribution in [1.82, 2.24) is 9.29 Å². The summed E-state index contributed by atoms with van der Waals surface area (Å²) in [5.74, 6) is 0.825. The summed E-state index contributed by atoms with van der Waals surface area (Å²) in [4.78, 5) is 5.77. The predicted molar refractivity (Wildman–Crippen MR) is 95.9 cm³/mol. The number of rotatable bonds is 7. The first-order valence-electron chi connectivity index (χ1n) is 6.80. The molecule has 0 aliphatic carbocycles. The third-order valence-electron chi connectivity index (χ3n) is 3.04. The topological polar surface area (TPSA) is 50.3 Å². The average molecular weight is 421 g/mol. The van der Waals surface area contributed by atoms with Crippen molar-refractivity contribution in [2.75, 3.05) is 13.1 Å². The molecule has 2 heterocycles. The van der Waals surface area contributed by atoms with Gasteiger partial charge in [0, 0.05) is 29.9 Å². The summed E-state index contributed by atoms with van der Waals surface area (Å²) in [5, 5.41) is 0.822. The fraction of sp³-hybridized carbons (Fsp3) is 0.357. The van der Waals surface area contributed by atoms with Crippen LogP contribution in [-0.4, -0.2) is 30.8 Å². The molecule has 2 aromatic rings. The Balaban J connectivity index is 2.07. The maximum atomic E-state index is 12.4. The van der Waals surface area contributed by atoms with Gasteiger partial charge in [0.2, 0.25) is 10.0 Å². The van der Waals surface area contributed by atoms with E-state index in [0.29, 0.717) is 13.1 Å². The summed E-state index contributed by atoms with van der Waals surface area (Å²) in [6, 6.07) is 7.49. The molecule has 0 fully saturated rings. The van der Waals surface area contributed by atoms with Crippen molar-refractivity contribution in [2.24, 2.45) is 0 Å². The van der Waals surface area contributed by atoms with Gasteiger partial charge in [-0.2, -0.15) is 4.31 Å². The van der Waals surface area contributed by atoms with E-state index < -0.39 is 10.0 Å². The molecular formula is C14H17BrN2O2S3. The van der Waals surface area contributed by atoms with Crippen LogP contribution in [0.2, 0.25) is 0 Å². The van der Waals surface area contributed by atoms with Crippen molar-refractivity contribution in [3.05, 3.63) is 39.1 Å². The summed E-state index contributed by atoms with van der Waals surface area (Å²) in [6.45, 7) is 4.58. The highest BCUT2D eigenvalue weighted by atomic mass is 79.9. The second kappa shape index (κ2) is 7.92. The van der Waals surface area contributed by atoms with Gasteiger partial charge >= 0.3 is 0 Å². The van der Waals surface area contributed by atoms with E-state index in [9.17, 15) is 8.42 Å². The molecule has 22 heavy (non-hydrogen) atoms. The molecule has 0 bridgehead atoms. The van der Waals surface area contributed by atoms with Crippen molar-refractivity contribution in [3.8, 4) is 0 Å². The number of thioether (sulfide) groups is 1. The van der Waals surface area contributed by atoms with Crippen LogP contribution >= 0.6 is 39.0 Å². The molecule has 0 saturated carbocycles. The minimum absolute atomic E-state index is 0.249. The number of pyridine rings is 1. The zero-order valence-electron chi connectivity index (χ0n) is 12.3. The van der Waals surface area contributed by atoms with Crippen LogP contribution < -0.4 is 0 Å². The molecule has 0 unspecified atom stereocenters. The molecule has 0 atom stereocenters. The highest BCUT2D eigenvalue weighted by Gasteiger charge is 2.21. The van der Waals surface area contributed by atoms with E-state index in [1.807, 2.05) is 19.9 Å². The van der Waals surface area contributed by atoms with Crippen LogP contribution in [0.3, 0.4) is 0 Å². The van der Waals surface area contributed by atoms with Crippen molar-refractivity contribution in [3.63, 3.8) is 0 Å². The molecule has 0 radical (unpaired) electrons. The predicted octanol–water partition coefficient (Wildman–Crippen LogP) is 4.23. The molecule has 0 aliphatic heterocycles. The fourth-order valence-electron chi connectivity index (χ4n) is 1.89. The third-order valence-corrected chi connectivity index (χ3v) is 7.88. The van der Waals surface area contributed by atoms with Crippen LogP contribution in [0.5, 0.6) is 0 Å². The lowest BCUT2D eigenvalue weighted by Gasteiger charge is -2.18. The molecular weight excluding hydrogens is 404 g/mol. The Morgan fingerprint density at radius 1 is 1.23 bits per heavy atom. The Hall–Kier alpha value is -0.410. The molecule has 0 aromatic carbocycles. The van der Waals surface area contributed by atoms with E-state index in [0.717, 1.165) is 14.6 Å². The van der Waals surface area contributed by atoms with Crippen LogP contribution in [0.25, 0.3) is 0 Å². The second-order valence-electron chi connectivity index (χ2n) is 4.42. The summed E-state index contributed by atoms with van der Waals surface area (Å²) < 4.78 is 27.3. The van der Waals surface area contributed by atoms with Crippen molar-refractivity contribution in [2.45, 2.75) is 29.5 Å². The quantitative estimate of drug-likeness (QED) is 0.628. The van der Waals surface area contributed by atoms with E-state index in [-0.39, 0.29) is 4.90 Å². The van der Waals surface area contributed by atoms with Gasteiger partial charge in [0.1, 0.15) is 4.90 Å². The number of nitrogens with zero attached hydrogens (tertiary/aromatic N) is 2. The zero-order valence-corrected chi connectivity index (χ0v) is 16.4. The number of sulfonamides is 1. The normalized spacial score (nSPS) is 12.0. The van der Waals surface area contributed by atoms with E-state index in [1.54, 1.807) is 35.2 Å². The monoisotopic (exact) mass is 420 g/mol. The zero-order chi connectivity index (χ0) is 16.2. The fourth-order valence-corrected chi connectivity index (χ4v) is 5.66. The van der Waals surface area contributed by atoms with Crippen molar-refractivity contribution >= 4 is 49.1 Å². The third kappa shape index (κ3) is 4.32. The molecule has 0 amide bonds. The Morgan fingerprint density at radius 3 is 2.45 bits per heavy atom. The van der Waals surface area contributed by atoms with E-state index in [1.165, 1.54) is 15.4 Å². The van der Waals surface area contributed by atoms with Crippen LogP contribution in [0.15, 0.2) is 44.2 Å². The molecule has 8 heteroatoms. The minimum Gasteiger partial charge on any atom is -0.249 e. The summed E-state index contributed by atoms with van der Waals surface area (Å²) in [5.41, 5.74) is 0. The molecule has 0 N–H and O–H groups in total. The Kier molecular flexibility index (Phi) is 6.46. The number of hydrogen-bond acceptors (Lipinski definition) is 5. The standard InChI is InChI=1S/C14H17BrN2O2S3/c1-3-17(4-2)22(18,19)12-6-8-14(16-9-12)20-10-11-5-7-13(15)21-11/h5-9H,3-4,10H2,1-2H3. The lowest BCUT2D eigenvalue weighted by molar-refractivity contribution is 0.445. The van der Waals surface area contributed by atoms with Gasteiger partial charge in [-0.15, -0.1) is 23.1 Å². The van der Waals surface area contributed by atoms with Crippen molar-refractivity contribution < 1.29 is 8.42 Å². The highest BCUT2D eigenvalue weighted by molar-refractivity contribution is 9.11. The maximum Gasteiger partial charge on any atom is 0.244 e. The van der Waals surface area contributed by atoms with Gasteiger partial charge in [-0.05, 0) is 40.2 Å². The van der Waals surface area contributed by atoms with Gasteiger partial charge in [0.25, 0.3) is 0 Å². The number of aromatic nitrogens is 1. The van der Waals surface area contributed by atoms with Crippen LogP contribution in [-0.2, 0) is 15.8 Å². The first-order chi connectivity index (χ1) is 10.5. The molecule has 4 nitrogen and oxygen atoms in total. The Labute approximate surface area is 148 Å². The van der Waals surface area contributed by atoms with Gasteiger partial charge in [0.15, 0.2) is 0 Å². The second-order valence-corrected chi connectivity index (χ2v) is 9.90. The number of halogens is 1. The summed E-state index contributed by atoms with van der Waals surface area (Å²) in [7, 11) is -3.42. The lowest BCUT2D eigenvalue weighted by Crippen LogP contribution is -2.30. The molecule has 0 aliphatic rings. The number of hydrogen-bond donors (Lipinski definition) is 0. The van der Waals surface area contributed by atoms with Gasteiger partial charge in [0.05, 0.1) is 8.81 Å². The Bertz CT molecular complexity index is 710. The van der Waals surface area contributed by atoms with Gasteiger partial charge in [-0.3, -0.25) is 0 Å². The minimum atomic E-state index is -3.42. The average Bonchev–Trinajstić information content (AvgIpc) is 2.92. The van der Waals surface area contributed by atoms with E-state index in [2.05, 4.69) is 27.0 Å². The van der Waals surface area contributed by atoms with Crippen LogP contribution in [0.4, 0.5) is 0 Å². The molecule has 2 rings (SSSR count). The van der Waals surface area contributed by atoms with Crippen LogP contribution in [0.1, 0.15) is 18.7 Å². The summed E-state index contributed by atoms with van der Waals surface area (Å²) in [6.07, 6.45) is 1.44. The SMILES string of the molecule is CCN(CC)S(=O)(=O)c1ccc(SCc2ccc(Br)s2)nc1. The molecule has 2 aromatic heterocycles. The van der Waals surface area contributed by atoms with E-state index >= 15 is 0 Å². The largest absolute Gasteiger partial charge is 0.249 e. The Morgan fingerprint density at radius 2 is 1.95 bits per heavy atom. The van der Waals surface area contributed by atoms with E-state index in [4.69, 9.17) is 0 Å². The van der Waals surface area contributed by atoms with Gasteiger partial charge in [-0.25, -0.2) is 13.4 Å². The molecule has 0 spiro atoms. The first kappa shape index (κ1) is 17.9. The van der Waals surface area contributed by atoms with Gasteiger partial charge < -0.3 is 0 Å². The van der Waals surface area contributed by atoms with Crippen LogP contribution in [0, 0.1) is 0 Å². The lowest BCUT2D eigenvalue weighted by atomic mass is 10.5. The van der Waals surface area contributed by atoms with Crippen molar-refractivity contribution in [1.29, 1.82) is 0 Å². The highest BCUT2D eigenvalue weighted by Crippen LogP contribution is 2.28. The van der Waals surface area contributed by atoms with Gasteiger partial charge in [-0.1, -0.05) is 13.8 Å².